The van der Waals surface area contributed by atoms with Crippen LogP contribution < -0.4 is 16.4 Å². The van der Waals surface area contributed by atoms with Gasteiger partial charge in [-0.25, -0.2) is 9.78 Å². The Morgan fingerprint density at radius 2 is 1.84 bits per heavy atom. The summed E-state index contributed by atoms with van der Waals surface area (Å²) in [6.07, 6.45) is 4.12. The minimum Gasteiger partial charge on any atom is -0.444 e. The number of hydrogen-bond donors (Lipinski definition) is 3. The minimum atomic E-state index is -0.495. The molecule has 1 aliphatic heterocycles. The second kappa shape index (κ2) is 12.5. The molecule has 3 aromatic rings. The maximum atomic E-state index is 12.4. The van der Waals surface area contributed by atoms with Crippen molar-refractivity contribution in [3.05, 3.63) is 53.5 Å². The van der Waals surface area contributed by atoms with Crippen molar-refractivity contribution in [3.8, 4) is 11.1 Å². The number of thiocarbonyl (C=S) groups is 1. The average Bonchev–Trinajstić information content (AvgIpc) is 3.72. The molecule has 0 spiro atoms. The van der Waals surface area contributed by atoms with Gasteiger partial charge in [-0.3, -0.25) is 9.58 Å². The molecule has 5 rings (SSSR count). The van der Waals surface area contributed by atoms with Gasteiger partial charge in [-0.15, -0.1) is 0 Å². The van der Waals surface area contributed by atoms with Crippen molar-refractivity contribution in [1.82, 2.24) is 24.6 Å². The maximum Gasteiger partial charge on any atom is 0.410 e. The van der Waals surface area contributed by atoms with Gasteiger partial charge in [0.25, 0.3) is 0 Å². The highest BCUT2D eigenvalue weighted by atomic mass is 32.1. The lowest BCUT2D eigenvalue weighted by Crippen LogP contribution is -2.50. The molecule has 11 heteroatoms. The van der Waals surface area contributed by atoms with Gasteiger partial charge in [0.05, 0.1) is 17.1 Å². The fourth-order valence-corrected chi connectivity index (χ4v) is 5.76. The summed E-state index contributed by atoms with van der Waals surface area (Å²) >= 11 is 5.61. The quantitative estimate of drug-likeness (QED) is 0.221. The molecule has 2 aliphatic rings. The number of aryl methyl sites for hydroxylation is 1. The van der Waals surface area contributed by atoms with Crippen LogP contribution in [0.4, 0.5) is 22.0 Å². The Morgan fingerprint density at radius 3 is 2.49 bits per heavy atom. The fraction of sp³-hybridized carbons (Fsp3) is 0.500. The van der Waals surface area contributed by atoms with Gasteiger partial charge in [0.1, 0.15) is 11.4 Å². The number of hydrogen-bond acceptors (Lipinski definition) is 7. The minimum absolute atomic E-state index is 0.148. The highest BCUT2D eigenvalue weighted by Gasteiger charge is 2.28. The van der Waals surface area contributed by atoms with Crippen LogP contribution in [0.5, 0.6) is 0 Å². The summed E-state index contributed by atoms with van der Waals surface area (Å²) in [4.78, 5) is 21.1. The van der Waals surface area contributed by atoms with Gasteiger partial charge < -0.3 is 26.0 Å². The summed E-state index contributed by atoms with van der Waals surface area (Å²) < 4.78 is 7.67. The lowest BCUT2D eigenvalue weighted by molar-refractivity contribution is 0.0110. The summed E-state index contributed by atoms with van der Waals surface area (Å²) in [6.45, 7) is 15.8. The molecule has 1 unspecified atom stereocenters. The van der Waals surface area contributed by atoms with E-state index < -0.39 is 5.60 Å². The number of nitrogens with one attached hydrogen (secondary N) is 2. The third kappa shape index (κ3) is 7.64. The first kappa shape index (κ1) is 30.7. The van der Waals surface area contributed by atoms with E-state index in [0.717, 1.165) is 53.6 Å². The smallest absolute Gasteiger partial charge is 0.410 e. The van der Waals surface area contributed by atoms with Gasteiger partial charge >= 0.3 is 6.09 Å². The first-order chi connectivity index (χ1) is 20.4. The maximum absolute atomic E-state index is 12.4. The number of carbonyl (C=O) groups excluding carboxylic acids is 1. The molecule has 0 radical (unpaired) electrons. The zero-order valence-electron chi connectivity index (χ0n) is 26.1. The highest BCUT2D eigenvalue weighted by molar-refractivity contribution is 7.80. The first-order valence-corrected chi connectivity index (χ1v) is 15.5. The molecule has 10 nitrogen and oxygen atoms in total. The van der Waals surface area contributed by atoms with Gasteiger partial charge in [-0.2, -0.15) is 5.10 Å². The summed E-state index contributed by atoms with van der Waals surface area (Å²) in [7, 11) is 0. The molecular formula is C32H44N8O2S. The van der Waals surface area contributed by atoms with Crippen molar-refractivity contribution in [2.45, 2.75) is 72.6 Å². The Kier molecular flexibility index (Phi) is 8.94. The second-order valence-corrected chi connectivity index (χ2v) is 13.1. The van der Waals surface area contributed by atoms with E-state index in [2.05, 4.69) is 52.0 Å². The number of aromatic nitrogens is 3. The molecule has 1 saturated carbocycles. The summed E-state index contributed by atoms with van der Waals surface area (Å²) in [5.74, 6) is 1.41. The average molecular weight is 605 g/mol. The molecule has 1 aromatic carbocycles. The molecule has 0 bridgehead atoms. The molecule has 2 aromatic heterocycles. The Labute approximate surface area is 260 Å². The van der Waals surface area contributed by atoms with Gasteiger partial charge in [0.2, 0.25) is 0 Å². The molecule has 1 amide bonds. The van der Waals surface area contributed by atoms with Crippen LogP contribution in [0, 0.1) is 19.8 Å². The molecule has 1 saturated heterocycles. The number of carbonyl (C=O) groups is 1. The van der Waals surface area contributed by atoms with Crippen molar-refractivity contribution in [2.24, 2.45) is 5.92 Å². The van der Waals surface area contributed by atoms with Crippen LogP contribution in [0.3, 0.4) is 0 Å². The van der Waals surface area contributed by atoms with Gasteiger partial charge in [-0.1, -0.05) is 6.07 Å². The lowest BCUT2D eigenvalue weighted by Gasteiger charge is -2.38. The monoisotopic (exact) mass is 604 g/mol. The lowest BCUT2D eigenvalue weighted by atomic mass is 10.0. The number of anilines is 3. The van der Waals surface area contributed by atoms with Crippen LogP contribution in [0.15, 0.2) is 36.5 Å². The van der Waals surface area contributed by atoms with E-state index in [9.17, 15) is 4.79 Å². The Bertz CT molecular complexity index is 1480. The third-order valence-corrected chi connectivity index (χ3v) is 8.32. The van der Waals surface area contributed by atoms with Gasteiger partial charge in [0, 0.05) is 56.2 Å². The molecule has 230 valence electrons. The number of benzene rings is 1. The van der Waals surface area contributed by atoms with Crippen LogP contribution in [0.1, 0.15) is 63.5 Å². The molecule has 43 heavy (non-hydrogen) atoms. The van der Waals surface area contributed by atoms with E-state index >= 15 is 0 Å². The van der Waals surface area contributed by atoms with Crippen molar-refractivity contribution in [2.75, 3.05) is 42.5 Å². The van der Waals surface area contributed by atoms with Gasteiger partial charge in [-0.05, 0) is 108 Å². The van der Waals surface area contributed by atoms with E-state index in [1.54, 1.807) is 11.1 Å². The van der Waals surface area contributed by atoms with Crippen molar-refractivity contribution < 1.29 is 9.53 Å². The van der Waals surface area contributed by atoms with E-state index in [1.807, 2.05) is 45.0 Å². The van der Waals surface area contributed by atoms with Crippen LogP contribution in [-0.4, -0.2) is 67.6 Å². The normalized spacial score (nSPS) is 16.6. The SMILES string of the molecule is Cc1nn(CC2CC2)c(C)c1-c1ccc(NC(=S)Nc2cc(C(C)N3CCN(C(=O)OC(C)(C)C)CC3)ccn2)c(N)c1. The number of nitrogens with two attached hydrogens (primary N) is 1. The number of nitrogens with zero attached hydrogens (tertiary/aromatic N) is 5. The number of pyridine rings is 1. The number of ether oxygens (including phenoxy) is 1. The molecule has 1 aliphatic carbocycles. The number of amides is 1. The topological polar surface area (TPSA) is 114 Å². The standard InChI is InChI=1S/C32H44N8O2S/c1-20-29(22(3)40(37-20)19-23-7-8-23)25-9-10-27(26(33)17-25)35-30(43)36-28-18-24(11-12-34-28)21(2)38-13-15-39(16-14-38)31(41)42-32(4,5)6/h9-12,17-18,21,23H,7-8,13-16,19,33H2,1-6H3,(H2,34,35,36,43). The van der Waals surface area contributed by atoms with Crippen LogP contribution in [-0.2, 0) is 11.3 Å². The molecular weight excluding hydrogens is 560 g/mol. The second-order valence-electron chi connectivity index (χ2n) is 12.7. The first-order valence-electron chi connectivity index (χ1n) is 15.1. The Balaban J connectivity index is 1.18. The third-order valence-electron chi connectivity index (χ3n) is 8.12. The number of piperazine rings is 1. The van der Waals surface area contributed by atoms with E-state index in [4.69, 9.17) is 27.8 Å². The highest BCUT2D eigenvalue weighted by Crippen LogP contribution is 2.35. The summed E-state index contributed by atoms with van der Waals surface area (Å²) in [6, 6.07) is 10.2. The van der Waals surface area contributed by atoms with E-state index in [0.29, 0.717) is 29.7 Å². The zero-order valence-corrected chi connectivity index (χ0v) is 26.9. The van der Waals surface area contributed by atoms with Crippen LogP contribution in [0.25, 0.3) is 11.1 Å². The number of nitrogen functional groups attached to an aromatic ring is 1. The molecule has 2 fully saturated rings. The summed E-state index contributed by atoms with van der Waals surface area (Å²) in [5.41, 5.74) is 12.8. The van der Waals surface area contributed by atoms with Crippen LogP contribution >= 0.6 is 12.2 Å². The molecule has 4 N–H and O–H groups in total. The van der Waals surface area contributed by atoms with Crippen molar-refractivity contribution in [3.63, 3.8) is 0 Å². The molecule has 3 heterocycles. The predicted octanol–water partition coefficient (Wildman–Crippen LogP) is 5.98. The number of rotatable bonds is 7. The Morgan fingerprint density at radius 1 is 1.12 bits per heavy atom. The van der Waals surface area contributed by atoms with E-state index in [-0.39, 0.29) is 12.1 Å². The summed E-state index contributed by atoms with van der Waals surface area (Å²) in [5, 5.41) is 11.6. The predicted molar refractivity (Wildman–Crippen MR) is 176 cm³/mol. The van der Waals surface area contributed by atoms with Crippen molar-refractivity contribution in [1.29, 1.82) is 0 Å². The van der Waals surface area contributed by atoms with Crippen molar-refractivity contribution >= 4 is 40.6 Å². The Hall–Kier alpha value is -3.70. The largest absolute Gasteiger partial charge is 0.444 e. The fourth-order valence-electron chi connectivity index (χ4n) is 5.54. The van der Waals surface area contributed by atoms with Gasteiger partial charge in [0.15, 0.2) is 5.11 Å². The molecule has 1 atom stereocenters. The van der Waals surface area contributed by atoms with Crippen LogP contribution in [0.2, 0.25) is 0 Å². The zero-order chi connectivity index (χ0) is 30.9. The van der Waals surface area contributed by atoms with E-state index in [1.165, 1.54) is 18.5 Å².